The highest BCUT2D eigenvalue weighted by molar-refractivity contribution is 7.09. The molecule has 0 atom stereocenters. The monoisotopic (exact) mass is 244 g/mol. The van der Waals surface area contributed by atoms with E-state index in [4.69, 9.17) is 5.73 Å². The van der Waals surface area contributed by atoms with Gasteiger partial charge < -0.3 is 11.1 Å². The Bertz CT molecular complexity index is 352. The predicted molar refractivity (Wildman–Crippen MR) is 60.4 cm³/mol. The zero-order chi connectivity index (χ0) is 11.8. The molecule has 0 bridgehead atoms. The van der Waals surface area contributed by atoms with E-state index in [0.717, 1.165) is 5.01 Å². The van der Waals surface area contributed by atoms with Gasteiger partial charge in [0.15, 0.2) is 5.03 Å². The van der Waals surface area contributed by atoms with Crippen molar-refractivity contribution < 1.29 is 5.03 Å². The molecular formula is C7H12N6O2S. The molecule has 0 saturated heterocycles. The summed E-state index contributed by atoms with van der Waals surface area (Å²) >= 11 is 1.56. The van der Waals surface area contributed by atoms with Gasteiger partial charge in [-0.2, -0.15) is 0 Å². The second kappa shape index (κ2) is 6.69. The van der Waals surface area contributed by atoms with Gasteiger partial charge in [0.1, 0.15) is 5.01 Å². The van der Waals surface area contributed by atoms with Crippen molar-refractivity contribution in [1.29, 1.82) is 0 Å². The van der Waals surface area contributed by atoms with Gasteiger partial charge in [-0.05, 0) is 0 Å². The first kappa shape index (κ1) is 12.3. The molecular weight excluding hydrogens is 232 g/mol. The summed E-state index contributed by atoms with van der Waals surface area (Å²) in [6.45, 7) is 1.62. The number of nitro groups is 1. The minimum atomic E-state index is -0.748. The van der Waals surface area contributed by atoms with E-state index in [2.05, 4.69) is 15.3 Å². The maximum absolute atomic E-state index is 9.97. The Labute approximate surface area is 95.7 Å². The molecule has 8 nitrogen and oxygen atoms in total. The van der Waals surface area contributed by atoms with Gasteiger partial charge in [-0.3, -0.25) is 0 Å². The molecule has 1 aromatic heterocycles. The SMILES string of the molecule is NC(=NCCNCc1nccs1)N[N+](=O)[O-]. The summed E-state index contributed by atoms with van der Waals surface area (Å²) < 4.78 is 0. The zero-order valence-electron chi connectivity index (χ0n) is 8.42. The molecule has 0 fully saturated rings. The molecule has 9 heteroatoms. The minimum Gasteiger partial charge on any atom is -0.365 e. The van der Waals surface area contributed by atoms with Crippen LogP contribution in [0.15, 0.2) is 16.6 Å². The Kier molecular flexibility index (Phi) is 5.16. The van der Waals surface area contributed by atoms with Gasteiger partial charge >= 0.3 is 0 Å². The Balaban J connectivity index is 2.09. The smallest absolute Gasteiger partial charge is 0.251 e. The quantitative estimate of drug-likeness (QED) is 0.201. The third kappa shape index (κ3) is 5.22. The van der Waals surface area contributed by atoms with Crippen molar-refractivity contribution in [2.45, 2.75) is 6.54 Å². The molecule has 0 aliphatic heterocycles. The van der Waals surface area contributed by atoms with Crippen LogP contribution in [-0.4, -0.2) is 29.1 Å². The van der Waals surface area contributed by atoms with Crippen LogP contribution in [0.2, 0.25) is 0 Å². The first-order chi connectivity index (χ1) is 7.68. The first-order valence-corrected chi connectivity index (χ1v) is 5.36. The average molecular weight is 244 g/mol. The maximum Gasteiger partial charge on any atom is 0.251 e. The van der Waals surface area contributed by atoms with Crippen molar-refractivity contribution in [3.05, 3.63) is 26.7 Å². The molecule has 88 valence electrons. The summed E-state index contributed by atoms with van der Waals surface area (Å²) in [5, 5.41) is 15.2. The Hall–Kier alpha value is -1.74. The number of rotatable bonds is 6. The van der Waals surface area contributed by atoms with Crippen LogP contribution in [0.4, 0.5) is 0 Å². The molecule has 4 N–H and O–H groups in total. The fourth-order valence-electron chi connectivity index (χ4n) is 0.920. The topological polar surface area (TPSA) is 118 Å². The number of guanidine groups is 1. The van der Waals surface area contributed by atoms with Crippen LogP contribution in [0, 0.1) is 10.1 Å². The molecule has 0 saturated carbocycles. The Morgan fingerprint density at radius 1 is 1.75 bits per heavy atom. The number of nitrogens with two attached hydrogens (primary N) is 1. The van der Waals surface area contributed by atoms with Crippen molar-refractivity contribution in [2.75, 3.05) is 13.1 Å². The van der Waals surface area contributed by atoms with Crippen molar-refractivity contribution in [1.82, 2.24) is 15.7 Å². The van der Waals surface area contributed by atoms with Crippen LogP contribution in [0.5, 0.6) is 0 Å². The van der Waals surface area contributed by atoms with Crippen molar-refractivity contribution in [3.8, 4) is 0 Å². The van der Waals surface area contributed by atoms with Gasteiger partial charge in [0.05, 0.1) is 6.54 Å². The average Bonchev–Trinajstić information content (AvgIpc) is 2.68. The number of aromatic nitrogens is 1. The lowest BCUT2D eigenvalue weighted by molar-refractivity contribution is -0.525. The second-order valence-electron chi connectivity index (χ2n) is 2.74. The first-order valence-electron chi connectivity index (χ1n) is 4.48. The van der Waals surface area contributed by atoms with Gasteiger partial charge in [-0.15, -0.1) is 11.3 Å². The lowest BCUT2D eigenvalue weighted by Crippen LogP contribution is -2.36. The molecule has 0 radical (unpaired) electrons. The third-order valence-electron chi connectivity index (χ3n) is 1.54. The van der Waals surface area contributed by atoms with Crippen molar-refractivity contribution in [2.24, 2.45) is 10.7 Å². The maximum atomic E-state index is 9.97. The molecule has 16 heavy (non-hydrogen) atoms. The van der Waals surface area contributed by atoms with E-state index in [1.165, 1.54) is 0 Å². The number of thiazole rings is 1. The number of hydrogen-bond acceptors (Lipinski definition) is 6. The number of hydrazine groups is 1. The fourth-order valence-corrected chi connectivity index (χ4v) is 1.51. The molecule has 0 spiro atoms. The van der Waals surface area contributed by atoms with E-state index in [-0.39, 0.29) is 5.96 Å². The fraction of sp³-hybridized carbons (Fsp3) is 0.429. The molecule has 0 unspecified atom stereocenters. The third-order valence-corrected chi connectivity index (χ3v) is 2.32. The van der Waals surface area contributed by atoms with Crippen molar-refractivity contribution >= 4 is 17.3 Å². The standard InChI is InChI=1S/C7H12N6O2S/c8-7(12-13(14)15)11-2-1-9-5-6-10-3-4-16-6/h3-4,9H,1-2,5H2,(H3,8,11,12). The molecule has 1 aromatic rings. The normalized spacial score (nSPS) is 11.4. The Morgan fingerprint density at radius 2 is 2.56 bits per heavy atom. The van der Waals surface area contributed by atoms with Gasteiger partial charge in [0.25, 0.3) is 5.96 Å². The second-order valence-corrected chi connectivity index (χ2v) is 3.72. The lowest BCUT2D eigenvalue weighted by Gasteiger charge is -1.99. The molecule has 0 amide bonds. The number of nitrogens with one attached hydrogen (secondary N) is 2. The summed E-state index contributed by atoms with van der Waals surface area (Å²) in [7, 11) is 0. The summed E-state index contributed by atoms with van der Waals surface area (Å²) in [6.07, 6.45) is 1.73. The van der Waals surface area contributed by atoms with Crippen LogP contribution >= 0.6 is 11.3 Å². The number of hydrogen-bond donors (Lipinski definition) is 3. The van der Waals surface area contributed by atoms with Crippen LogP contribution in [0.25, 0.3) is 0 Å². The van der Waals surface area contributed by atoms with Gasteiger partial charge in [0.2, 0.25) is 0 Å². The van der Waals surface area contributed by atoms with E-state index in [1.807, 2.05) is 5.38 Å². The van der Waals surface area contributed by atoms with E-state index >= 15 is 0 Å². The molecule has 0 aliphatic carbocycles. The summed E-state index contributed by atoms with van der Waals surface area (Å²) in [5.41, 5.74) is 6.97. The van der Waals surface area contributed by atoms with Crippen LogP contribution in [0.3, 0.4) is 0 Å². The number of nitrogens with zero attached hydrogens (tertiary/aromatic N) is 3. The van der Waals surface area contributed by atoms with E-state index in [9.17, 15) is 10.1 Å². The van der Waals surface area contributed by atoms with E-state index < -0.39 is 5.03 Å². The van der Waals surface area contributed by atoms with Crippen LogP contribution < -0.4 is 16.5 Å². The van der Waals surface area contributed by atoms with Gasteiger partial charge in [0, 0.05) is 24.7 Å². The predicted octanol–water partition coefficient (Wildman–Crippen LogP) is -0.671. The highest BCUT2D eigenvalue weighted by atomic mass is 32.1. The highest BCUT2D eigenvalue weighted by Gasteiger charge is 1.98. The van der Waals surface area contributed by atoms with Crippen molar-refractivity contribution in [3.63, 3.8) is 0 Å². The van der Waals surface area contributed by atoms with E-state index in [1.54, 1.807) is 23.0 Å². The zero-order valence-corrected chi connectivity index (χ0v) is 9.24. The molecule has 1 heterocycles. The summed E-state index contributed by atoms with van der Waals surface area (Å²) in [6, 6.07) is 0. The van der Waals surface area contributed by atoms with Crippen LogP contribution in [0.1, 0.15) is 5.01 Å². The molecule has 0 aliphatic rings. The van der Waals surface area contributed by atoms with Crippen LogP contribution in [-0.2, 0) is 6.54 Å². The van der Waals surface area contributed by atoms with Gasteiger partial charge in [-0.1, -0.05) is 5.43 Å². The summed E-state index contributed by atoms with van der Waals surface area (Å²) in [5.74, 6) is -0.193. The van der Waals surface area contributed by atoms with Gasteiger partial charge in [-0.25, -0.2) is 20.1 Å². The highest BCUT2D eigenvalue weighted by Crippen LogP contribution is 2.01. The lowest BCUT2D eigenvalue weighted by atomic mass is 10.6. The number of aliphatic imine (C=N–C) groups is 1. The molecule has 1 rings (SSSR count). The minimum absolute atomic E-state index is 0.193. The van der Waals surface area contributed by atoms with E-state index in [0.29, 0.717) is 19.6 Å². The Morgan fingerprint density at radius 3 is 3.19 bits per heavy atom. The molecule has 0 aromatic carbocycles. The summed E-state index contributed by atoms with van der Waals surface area (Å²) in [4.78, 5) is 17.8. The largest absolute Gasteiger partial charge is 0.365 e.